The van der Waals surface area contributed by atoms with Crippen LogP contribution in [0.5, 0.6) is 17.4 Å². The van der Waals surface area contributed by atoms with Crippen LogP contribution in [0.1, 0.15) is 16.1 Å². The topological polar surface area (TPSA) is 53.4 Å². The van der Waals surface area contributed by atoms with E-state index in [-0.39, 0.29) is 16.2 Å². The summed E-state index contributed by atoms with van der Waals surface area (Å²) >= 11 is 7.49. The van der Waals surface area contributed by atoms with E-state index in [0.717, 1.165) is 26.4 Å². The van der Waals surface area contributed by atoms with E-state index in [1.54, 1.807) is 34.2 Å². The first kappa shape index (κ1) is 20.4. The van der Waals surface area contributed by atoms with Gasteiger partial charge in [-0.2, -0.15) is 0 Å². The summed E-state index contributed by atoms with van der Waals surface area (Å²) in [6, 6.07) is 9.74. The molecule has 4 aromatic rings. The van der Waals surface area contributed by atoms with Gasteiger partial charge in [0.1, 0.15) is 11.6 Å². The molecule has 0 unspecified atom stereocenters. The quantitative estimate of drug-likeness (QED) is 0.395. The minimum absolute atomic E-state index is 0.0323. The predicted octanol–water partition coefficient (Wildman–Crippen LogP) is 5.72. The summed E-state index contributed by atoms with van der Waals surface area (Å²) in [5.41, 5.74) is 2.26. The number of aromatic nitrogens is 2. The van der Waals surface area contributed by atoms with Gasteiger partial charge in [-0.15, -0.1) is 11.3 Å². The third-order valence-electron chi connectivity index (χ3n) is 4.62. The molecule has 0 fully saturated rings. The van der Waals surface area contributed by atoms with Crippen molar-refractivity contribution in [3.05, 3.63) is 79.8 Å². The van der Waals surface area contributed by atoms with Gasteiger partial charge in [0.15, 0.2) is 5.75 Å². The van der Waals surface area contributed by atoms with Crippen LogP contribution in [0.25, 0.3) is 10.2 Å². The van der Waals surface area contributed by atoms with Gasteiger partial charge in [-0.1, -0.05) is 17.7 Å². The molecule has 0 bridgehead atoms. The van der Waals surface area contributed by atoms with E-state index in [4.69, 9.17) is 21.1 Å². The average molecular weight is 445 g/mol. The van der Waals surface area contributed by atoms with Crippen LogP contribution in [0.2, 0.25) is 5.02 Å². The van der Waals surface area contributed by atoms with Crippen molar-refractivity contribution < 1.29 is 13.9 Å². The maximum absolute atomic E-state index is 13.5. The Morgan fingerprint density at radius 1 is 1.17 bits per heavy atom. The van der Waals surface area contributed by atoms with Crippen LogP contribution in [-0.2, 0) is 6.54 Å². The summed E-state index contributed by atoms with van der Waals surface area (Å²) < 4.78 is 27.6. The third kappa shape index (κ3) is 4.04. The number of aryl methyl sites for hydroxylation is 2. The van der Waals surface area contributed by atoms with Crippen molar-refractivity contribution in [1.29, 1.82) is 0 Å². The standard InChI is InChI=1S/C22H18ClFN2O3S/c1-12-6-17-21(30-13(2)25-17)9-19(12)29-22-8-18(27)20(28-3)11-26(22)10-14-4-5-16(24)15(23)7-14/h4-9,11H,10H2,1-3H3. The van der Waals surface area contributed by atoms with Gasteiger partial charge >= 0.3 is 0 Å². The molecule has 30 heavy (non-hydrogen) atoms. The molecule has 0 aliphatic carbocycles. The highest BCUT2D eigenvalue weighted by Gasteiger charge is 2.14. The summed E-state index contributed by atoms with van der Waals surface area (Å²) in [7, 11) is 1.43. The summed E-state index contributed by atoms with van der Waals surface area (Å²) in [6.45, 7) is 4.19. The molecule has 0 saturated heterocycles. The minimum Gasteiger partial charge on any atom is -0.491 e. The zero-order chi connectivity index (χ0) is 21.4. The van der Waals surface area contributed by atoms with Crippen LogP contribution in [0.3, 0.4) is 0 Å². The van der Waals surface area contributed by atoms with E-state index in [2.05, 4.69) is 4.98 Å². The van der Waals surface area contributed by atoms with Gasteiger partial charge in [0.2, 0.25) is 11.3 Å². The number of methoxy groups -OCH3 is 1. The lowest BCUT2D eigenvalue weighted by atomic mass is 10.2. The normalized spacial score (nSPS) is 11.1. The highest BCUT2D eigenvalue weighted by molar-refractivity contribution is 7.18. The Balaban J connectivity index is 1.76. The molecule has 2 aromatic carbocycles. The van der Waals surface area contributed by atoms with Gasteiger partial charge in [0.25, 0.3) is 0 Å². The molecule has 2 aromatic heterocycles. The third-order valence-corrected chi connectivity index (χ3v) is 5.84. The second-order valence-electron chi connectivity index (χ2n) is 6.84. The van der Waals surface area contributed by atoms with Crippen LogP contribution in [0.15, 0.2) is 47.4 Å². The number of pyridine rings is 1. The zero-order valence-electron chi connectivity index (χ0n) is 16.5. The first-order valence-electron chi connectivity index (χ1n) is 9.12. The number of benzene rings is 2. The highest BCUT2D eigenvalue weighted by atomic mass is 35.5. The highest BCUT2D eigenvalue weighted by Crippen LogP contribution is 2.32. The Morgan fingerprint density at radius 2 is 1.97 bits per heavy atom. The van der Waals surface area contributed by atoms with Gasteiger partial charge in [-0.25, -0.2) is 9.37 Å². The SMILES string of the molecule is COc1cn(Cc2ccc(F)c(Cl)c2)c(Oc2cc3sc(C)nc3cc2C)cc1=O. The van der Waals surface area contributed by atoms with Crippen LogP contribution in [0, 0.1) is 19.7 Å². The average Bonchev–Trinajstić information content (AvgIpc) is 3.05. The summed E-state index contributed by atoms with van der Waals surface area (Å²) in [4.78, 5) is 16.9. The van der Waals surface area contributed by atoms with Crippen LogP contribution in [-0.4, -0.2) is 16.7 Å². The lowest BCUT2D eigenvalue weighted by molar-refractivity contribution is 0.390. The molecule has 8 heteroatoms. The molecule has 0 saturated carbocycles. The first-order valence-corrected chi connectivity index (χ1v) is 10.3. The largest absolute Gasteiger partial charge is 0.491 e. The van der Waals surface area contributed by atoms with Gasteiger partial charge in [0.05, 0.1) is 46.2 Å². The lowest BCUT2D eigenvalue weighted by Gasteiger charge is -2.17. The molecular formula is C22H18ClFN2O3S. The molecule has 0 radical (unpaired) electrons. The Hall–Kier alpha value is -2.90. The second kappa shape index (κ2) is 8.08. The van der Waals surface area contributed by atoms with Crippen molar-refractivity contribution >= 4 is 33.2 Å². The Bertz CT molecular complexity index is 1320. The van der Waals surface area contributed by atoms with E-state index >= 15 is 0 Å². The Kier molecular flexibility index (Phi) is 5.49. The summed E-state index contributed by atoms with van der Waals surface area (Å²) in [5.74, 6) is 0.658. The van der Waals surface area contributed by atoms with Crippen LogP contribution < -0.4 is 14.9 Å². The number of thiazole rings is 1. The fourth-order valence-corrected chi connectivity index (χ4v) is 4.17. The van der Waals surface area contributed by atoms with Crippen molar-refractivity contribution in [2.75, 3.05) is 7.11 Å². The molecule has 4 rings (SSSR count). The minimum atomic E-state index is -0.488. The van der Waals surface area contributed by atoms with E-state index in [1.165, 1.54) is 19.2 Å². The Labute approximate surface area is 181 Å². The molecular weight excluding hydrogens is 427 g/mol. The van der Waals surface area contributed by atoms with Crippen LogP contribution >= 0.6 is 22.9 Å². The smallest absolute Gasteiger partial charge is 0.227 e. The van der Waals surface area contributed by atoms with Gasteiger partial charge < -0.3 is 14.0 Å². The molecule has 2 heterocycles. The molecule has 0 atom stereocenters. The fraction of sp³-hybridized carbons (Fsp3) is 0.182. The molecule has 5 nitrogen and oxygen atoms in total. The summed E-state index contributed by atoms with van der Waals surface area (Å²) in [6.07, 6.45) is 1.57. The number of hydrogen-bond acceptors (Lipinski definition) is 5. The van der Waals surface area contributed by atoms with Crippen molar-refractivity contribution in [3.8, 4) is 17.4 Å². The first-order chi connectivity index (χ1) is 14.3. The number of ether oxygens (including phenoxy) is 2. The zero-order valence-corrected chi connectivity index (χ0v) is 18.1. The number of halogens is 2. The van der Waals surface area contributed by atoms with Crippen LogP contribution in [0.4, 0.5) is 4.39 Å². The molecule has 154 valence electrons. The van der Waals surface area contributed by atoms with Crippen molar-refractivity contribution in [2.45, 2.75) is 20.4 Å². The van der Waals surface area contributed by atoms with E-state index in [1.807, 2.05) is 26.0 Å². The fourth-order valence-electron chi connectivity index (χ4n) is 3.13. The molecule has 0 aliphatic rings. The number of fused-ring (bicyclic) bond motifs is 1. The molecule has 0 spiro atoms. The van der Waals surface area contributed by atoms with E-state index < -0.39 is 5.82 Å². The molecule has 0 N–H and O–H groups in total. The maximum Gasteiger partial charge on any atom is 0.227 e. The number of hydrogen-bond donors (Lipinski definition) is 0. The summed E-state index contributed by atoms with van der Waals surface area (Å²) in [5, 5.41) is 1.00. The van der Waals surface area contributed by atoms with E-state index in [9.17, 15) is 9.18 Å². The number of nitrogens with zero attached hydrogens (tertiary/aromatic N) is 2. The van der Waals surface area contributed by atoms with Crippen molar-refractivity contribution in [2.24, 2.45) is 0 Å². The predicted molar refractivity (Wildman–Crippen MR) is 117 cm³/mol. The van der Waals surface area contributed by atoms with Crippen molar-refractivity contribution in [3.63, 3.8) is 0 Å². The monoisotopic (exact) mass is 444 g/mol. The van der Waals surface area contributed by atoms with E-state index in [0.29, 0.717) is 18.2 Å². The van der Waals surface area contributed by atoms with Crippen molar-refractivity contribution in [1.82, 2.24) is 9.55 Å². The molecule has 0 aliphatic heterocycles. The molecule has 0 amide bonds. The van der Waals surface area contributed by atoms with Gasteiger partial charge in [0, 0.05) is 6.07 Å². The van der Waals surface area contributed by atoms with Gasteiger partial charge in [-0.3, -0.25) is 4.79 Å². The lowest BCUT2D eigenvalue weighted by Crippen LogP contribution is -2.13. The maximum atomic E-state index is 13.5. The van der Waals surface area contributed by atoms with Gasteiger partial charge in [-0.05, 0) is 43.2 Å². The second-order valence-corrected chi connectivity index (χ2v) is 8.48. The number of rotatable bonds is 5. The Morgan fingerprint density at radius 3 is 2.70 bits per heavy atom.